The van der Waals surface area contributed by atoms with E-state index in [-0.39, 0.29) is 11.5 Å². The summed E-state index contributed by atoms with van der Waals surface area (Å²) in [5.41, 5.74) is 5.45. The third kappa shape index (κ3) is 1.98. The number of aliphatic hydroxyl groups is 1. The number of para-hydroxylation sites is 1. The van der Waals surface area contributed by atoms with Gasteiger partial charge in [0.05, 0.1) is 6.10 Å². The Morgan fingerprint density at radius 3 is 2.77 bits per heavy atom. The third-order valence-electron chi connectivity index (χ3n) is 5.54. The first-order valence-corrected chi connectivity index (χ1v) is 8.34. The van der Waals surface area contributed by atoms with Gasteiger partial charge in [-0.3, -0.25) is 0 Å². The zero-order valence-corrected chi connectivity index (χ0v) is 13.1. The van der Waals surface area contributed by atoms with Crippen molar-refractivity contribution < 1.29 is 5.11 Å². The first-order valence-electron chi connectivity index (χ1n) is 8.34. The van der Waals surface area contributed by atoms with Crippen LogP contribution in [0.25, 0.3) is 0 Å². The first kappa shape index (κ1) is 13.8. The Balaban J connectivity index is 1.69. The van der Waals surface area contributed by atoms with E-state index < -0.39 is 0 Å². The Bertz CT molecular complexity index is 696. The standard InChI is InChI=1S/C20H23NO/c1-2-15-7-3-6-10-18(15)21-12-11-20(14-21)13-19(22)16-8-4-5-9-17(16)20/h3-10,19,22H,2,11-14H2,1H3. The molecule has 2 heteroatoms. The number of aliphatic hydroxyl groups excluding tert-OH is 1. The number of anilines is 1. The number of hydrogen-bond donors (Lipinski definition) is 1. The number of nitrogens with zero attached hydrogens (tertiary/aromatic N) is 1. The molecule has 1 heterocycles. The Morgan fingerprint density at radius 1 is 1.14 bits per heavy atom. The highest BCUT2D eigenvalue weighted by Gasteiger charge is 2.47. The van der Waals surface area contributed by atoms with Crippen molar-refractivity contribution in [2.45, 2.75) is 37.7 Å². The van der Waals surface area contributed by atoms with Gasteiger partial charge in [0, 0.05) is 24.2 Å². The largest absolute Gasteiger partial charge is 0.388 e. The van der Waals surface area contributed by atoms with E-state index in [1.807, 2.05) is 6.07 Å². The van der Waals surface area contributed by atoms with E-state index in [0.717, 1.165) is 37.9 Å². The minimum absolute atomic E-state index is 0.136. The van der Waals surface area contributed by atoms with Gasteiger partial charge in [0.1, 0.15) is 0 Å². The van der Waals surface area contributed by atoms with Crippen molar-refractivity contribution in [3.8, 4) is 0 Å². The molecule has 2 atom stereocenters. The zero-order chi connectivity index (χ0) is 15.2. The fraction of sp³-hybridized carbons (Fsp3) is 0.400. The molecule has 2 aliphatic rings. The molecular weight excluding hydrogens is 270 g/mol. The van der Waals surface area contributed by atoms with Gasteiger partial charge in [-0.2, -0.15) is 0 Å². The molecule has 1 N–H and O–H groups in total. The molecule has 0 radical (unpaired) electrons. The summed E-state index contributed by atoms with van der Waals surface area (Å²) < 4.78 is 0. The fourth-order valence-electron chi connectivity index (χ4n) is 4.44. The van der Waals surface area contributed by atoms with Crippen molar-refractivity contribution in [3.05, 3.63) is 65.2 Å². The van der Waals surface area contributed by atoms with Crippen molar-refractivity contribution >= 4 is 5.69 Å². The van der Waals surface area contributed by atoms with Crippen LogP contribution in [0.5, 0.6) is 0 Å². The first-order chi connectivity index (χ1) is 10.7. The van der Waals surface area contributed by atoms with Crippen molar-refractivity contribution in [3.63, 3.8) is 0 Å². The lowest BCUT2D eigenvalue weighted by molar-refractivity contribution is 0.158. The maximum Gasteiger partial charge on any atom is 0.0802 e. The van der Waals surface area contributed by atoms with E-state index in [2.05, 4.69) is 54.3 Å². The van der Waals surface area contributed by atoms with Crippen molar-refractivity contribution in [2.75, 3.05) is 18.0 Å². The second kappa shape index (κ2) is 5.13. The van der Waals surface area contributed by atoms with Crippen LogP contribution in [0.2, 0.25) is 0 Å². The summed E-state index contributed by atoms with van der Waals surface area (Å²) in [5.74, 6) is 0. The molecule has 22 heavy (non-hydrogen) atoms. The van der Waals surface area contributed by atoms with Crippen LogP contribution >= 0.6 is 0 Å². The normalized spacial score (nSPS) is 26.6. The van der Waals surface area contributed by atoms with Crippen molar-refractivity contribution in [1.29, 1.82) is 0 Å². The number of hydrogen-bond acceptors (Lipinski definition) is 2. The predicted molar refractivity (Wildman–Crippen MR) is 90.3 cm³/mol. The van der Waals surface area contributed by atoms with E-state index in [0.29, 0.717) is 0 Å². The molecule has 0 aromatic heterocycles. The third-order valence-corrected chi connectivity index (χ3v) is 5.54. The van der Waals surface area contributed by atoms with Gasteiger partial charge in [-0.15, -0.1) is 0 Å². The molecular formula is C20H23NO. The van der Waals surface area contributed by atoms with Crippen LogP contribution in [-0.4, -0.2) is 18.2 Å². The molecule has 114 valence electrons. The van der Waals surface area contributed by atoms with Gasteiger partial charge in [0.25, 0.3) is 0 Å². The predicted octanol–water partition coefficient (Wildman–Crippen LogP) is 3.83. The molecule has 2 aromatic carbocycles. The summed E-state index contributed by atoms with van der Waals surface area (Å²) in [4.78, 5) is 2.52. The maximum absolute atomic E-state index is 10.4. The van der Waals surface area contributed by atoms with Gasteiger partial charge in [-0.25, -0.2) is 0 Å². The molecule has 0 amide bonds. The highest BCUT2D eigenvalue weighted by Crippen LogP contribution is 2.50. The van der Waals surface area contributed by atoms with Gasteiger partial charge in [-0.05, 0) is 42.0 Å². The number of rotatable bonds is 2. The van der Waals surface area contributed by atoms with Crippen molar-refractivity contribution in [2.24, 2.45) is 0 Å². The van der Waals surface area contributed by atoms with Crippen LogP contribution < -0.4 is 4.90 Å². The van der Waals surface area contributed by atoms with Crippen molar-refractivity contribution in [1.82, 2.24) is 0 Å². The molecule has 1 aliphatic heterocycles. The molecule has 1 aliphatic carbocycles. The van der Waals surface area contributed by atoms with E-state index >= 15 is 0 Å². The summed E-state index contributed by atoms with van der Waals surface area (Å²) in [6.45, 7) is 4.33. The van der Waals surface area contributed by atoms with Crippen LogP contribution in [0.4, 0.5) is 5.69 Å². The Hall–Kier alpha value is -1.80. The molecule has 2 unspecified atom stereocenters. The summed E-state index contributed by atoms with van der Waals surface area (Å²) in [6.07, 6.45) is 2.78. The smallest absolute Gasteiger partial charge is 0.0802 e. The van der Waals surface area contributed by atoms with Crippen LogP contribution in [0, 0.1) is 0 Å². The lowest BCUT2D eigenvalue weighted by Gasteiger charge is -2.27. The summed E-state index contributed by atoms with van der Waals surface area (Å²) in [7, 11) is 0. The van der Waals surface area contributed by atoms with Gasteiger partial charge in [0.2, 0.25) is 0 Å². The molecule has 2 nitrogen and oxygen atoms in total. The second-order valence-electron chi connectivity index (χ2n) is 6.74. The highest BCUT2D eigenvalue weighted by molar-refractivity contribution is 5.57. The van der Waals surface area contributed by atoms with Crippen LogP contribution in [0.3, 0.4) is 0 Å². The van der Waals surface area contributed by atoms with Gasteiger partial charge in [0.15, 0.2) is 0 Å². The van der Waals surface area contributed by atoms with Crippen LogP contribution in [0.1, 0.15) is 42.6 Å². The van der Waals surface area contributed by atoms with E-state index in [1.54, 1.807) is 0 Å². The second-order valence-corrected chi connectivity index (χ2v) is 6.74. The topological polar surface area (TPSA) is 23.5 Å². The molecule has 0 bridgehead atoms. The van der Waals surface area contributed by atoms with Crippen LogP contribution in [0.15, 0.2) is 48.5 Å². The molecule has 2 aromatic rings. The average Bonchev–Trinajstić information content (AvgIpc) is 3.11. The van der Waals surface area contributed by atoms with Gasteiger partial charge < -0.3 is 10.0 Å². The lowest BCUT2D eigenvalue weighted by atomic mass is 9.81. The molecule has 0 saturated carbocycles. The molecule has 1 saturated heterocycles. The molecule has 4 rings (SSSR count). The van der Waals surface area contributed by atoms with E-state index in [1.165, 1.54) is 16.8 Å². The van der Waals surface area contributed by atoms with Gasteiger partial charge in [-0.1, -0.05) is 49.4 Å². The zero-order valence-electron chi connectivity index (χ0n) is 13.1. The quantitative estimate of drug-likeness (QED) is 0.909. The number of fused-ring (bicyclic) bond motifs is 2. The van der Waals surface area contributed by atoms with Crippen LogP contribution in [-0.2, 0) is 11.8 Å². The highest BCUT2D eigenvalue weighted by atomic mass is 16.3. The monoisotopic (exact) mass is 293 g/mol. The Morgan fingerprint density at radius 2 is 1.91 bits per heavy atom. The molecule has 1 spiro atoms. The minimum Gasteiger partial charge on any atom is -0.388 e. The summed E-state index contributed by atoms with van der Waals surface area (Å²) in [5, 5.41) is 10.4. The minimum atomic E-state index is -0.294. The van der Waals surface area contributed by atoms with E-state index in [4.69, 9.17) is 0 Å². The average molecular weight is 293 g/mol. The SMILES string of the molecule is CCc1ccccc1N1CCC2(CC(O)c3ccccc32)C1. The number of benzene rings is 2. The van der Waals surface area contributed by atoms with Gasteiger partial charge >= 0.3 is 0 Å². The summed E-state index contributed by atoms with van der Waals surface area (Å²) in [6, 6.07) is 17.2. The Kier molecular flexibility index (Phi) is 3.23. The fourth-order valence-corrected chi connectivity index (χ4v) is 4.44. The molecule has 1 fully saturated rings. The Labute approximate surface area is 132 Å². The lowest BCUT2D eigenvalue weighted by Crippen LogP contribution is -2.29. The number of aryl methyl sites for hydroxylation is 1. The maximum atomic E-state index is 10.4. The van der Waals surface area contributed by atoms with E-state index in [9.17, 15) is 5.11 Å². The summed E-state index contributed by atoms with van der Waals surface area (Å²) >= 11 is 0.